The molecule has 19 heavy (non-hydrogen) atoms. The van der Waals surface area contributed by atoms with Crippen molar-refractivity contribution < 1.29 is 13.5 Å². The van der Waals surface area contributed by atoms with Crippen LogP contribution >= 0.6 is 0 Å². The molecule has 1 aromatic rings. The van der Waals surface area contributed by atoms with Gasteiger partial charge in [-0.1, -0.05) is 45.1 Å². The molecule has 0 fully saturated rings. The van der Waals surface area contributed by atoms with Gasteiger partial charge in [-0.2, -0.15) is 0 Å². The lowest BCUT2D eigenvalue weighted by atomic mass is 10.1. The van der Waals surface area contributed by atoms with Crippen molar-refractivity contribution >= 4 is 10.0 Å². The number of sulfonamides is 1. The maximum Gasteiger partial charge on any atom is 0.240 e. The summed E-state index contributed by atoms with van der Waals surface area (Å²) in [5.74, 6) is -0.0394. The Morgan fingerprint density at radius 1 is 1.11 bits per heavy atom. The van der Waals surface area contributed by atoms with Crippen molar-refractivity contribution in [3.05, 3.63) is 24.3 Å². The fourth-order valence-electron chi connectivity index (χ4n) is 1.85. The van der Waals surface area contributed by atoms with Crippen molar-refractivity contribution in [1.82, 2.24) is 4.72 Å². The highest BCUT2D eigenvalue weighted by atomic mass is 32.2. The SMILES string of the molecule is CCCCCCCCNS(=O)(=O)c1cccc(O)c1. The third-order valence-corrected chi connectivity index (χ3v) is 4.41. The molecule has 0 saturated carbocycles. The fourth-order valence-corrected chi connectivity index (χ4v) is 2.96. The third kappa shape index (κ3) is 6.07. The van der Waals surface area contributed by atoms with E-state index in [1.54, 1.807) is 0 Å². The van der Waals surface area contributed by atoms with Crippen molar-refractivity contribution in [2.75, 3.05) is 6.54 Å². The van der Waals surface area contributed by atoms with Gasteiger partial charge in [0.05, 0.1) is 4.90 Å². The van der Waals surface area contributed by atoms with Gasteiger partial charge in [-0.25, -0.2) is 13.1 Å². The van der Waals surface area contributed by atoms with Crippen LogP contribution in [0, 0.1) is 0 Å². The molecule has 0 bridgehead atoms. The second-order valence-corrected chi connectivity index (χ2v) is 6.43. The Kier molecular flexibility index (Phi) is 6.87. The van der Waals surface area contributed by atoms with Gasteiger partial charge in [0.25, 0.3) is 0 Å². The first kappa shape index (κ1) is 16.0. The van der Waals surface area contributed by atoms with E-state index in [0.717, 1.165) is 19.3 Å². The molecule has 0 aromatic heterocycles. The fraction of sp³-hybridized carbons (Fsp3) is 0.571. The van der Waals surface area contributed by atoms with Gasteiger partial charge >= 0.3 is 0 Å². The largest absolute Gasteiger partial charge is 0.508 e. The molecule has 0 aliphatic rings. The first-order valence-electron chi connectivity index (χ1n) is 6.85. The lowest BCUT2D eigenvalue weighted by Crippen LogP contribution is -2.24. The standard InChI is InChI=1S/C14H23NO3S/c1-2-3-4-5-6-7-11-15-19(17,18)14-10-8-9-13(16)12-14/h8-10,12,15-16H,2-7,11H2,1H3. The molecule has 5 heteroatoms. The van der Waals surface area contributed by atoms with Crippen LogP contribution in [0.4, 0.5) is 0 Å². The van der Waals surface area contributed by atoms with E-state index in [1.165, 1.54) is 43.5 Å². The number of rotatable bonds is 9. The lowest BCUT2D eigenvalue weighted by Gasteiger charge is -2.07. The van der Waals surface area contributed by atoms with Gasteiger partial charge in [0.1, 0.15) is 5.75 Å². The van der Waals surface area contributed by atoms with E-state index in [0.29, 0.717) is 6.54 Å². The number of benzene rings is 1. The van der Waals surface area contributed by atoms with Crippen molar-refractivity contribution in [3.8, 4) is 5.75 Å². The van der Waals surface area contributed by atoms with Crippen LogP contribution in [0.5, 0.6) is 5.75 Å². The number of aromatic hydroxyl groups is 1. The monoisotopic (exact) mass is 285 g/mol. The summed E-state index contributed by atoms with van der Waals surface area (Å²) >= 11 is 0. The van der Waals surface area contributed by atoms with Gasteiger partial charge in [-0.05, 0) is 24.6 Å². The minimum Gasteiger partial charge on any atom is -0.508 e. The third-order valence-electron chi connectivity index (χ3n) is 2.95. The molecular weight excluding hydrogens is 262 g/mol. The zero-order valence-corrected chi connectivity index (χ0v) is 12.2. The van der Waals surface area contributed by atoms with E-state index in [2.05, 4.69) is 11.6 Å². The van der Waals surface area contributed by atoms with E-state index in [-0.39, 0.29) is 10.6 Å². The molecule has 0 aliphatic heterocycles. The zero-order chi connectivity index (χ0) is 14.1. The highest BCUT2D eigenvalue weighted by Gasteiger charge is 2.13. The Morgan fingerprint density at radius 3 is 2.47 bits per heavy atom. The molecule has 2 N–H and O–H groups in total. The summed E-state index contributed by atoms with van der Waals surface area (Å²) in [5, 5.41) is 9.28. The summed E-state index contributed by atoms with van der Waals surface area (Å²) in [6.45, 7) is 2.62. The molecule has 0 radical (unpaired) electrons. The summed E-state index contributed by atoms with van der Waals surface area (Å²) < 4.78 is 26.3. The summed E-state index contributed by atoms with van der Waals surface area (Å²) in [6.07, 6.45) is 6.72. The number of phenols is 1. The molecule has 0 aliphatic carbocycles. The van der Waals surface area contributed by atoms with Gasteiger partial charge in [0.15, 0.2) is 0 Å². The van der Waals surface area contributed by atoms with Crippen LogP contribution in [0.25, 0.3) is 0 Å². The average Bonchev–Trinajstić information content (AvgIpc) is 2.38. The maximum atomic E-state index is 11.9. The summed E-state index contributed by atoms with van der Waals surface area (Å²) in [4.78, 5) is 0.110. The van der Waals surface area contributed by atoms with E-state index >= 15 is 0 Å². The Balaban J connectivity index is 2.32. The number of hydrogen-bond acceptors (Lipinski definition) is 3. The van der Waals surface area contributed by atoms with E-state index in [4.69, 9.17) is 0 Å². The van der Waals surface area contributed by atoms with Crippen molar-refractivity contribution in [2.45, 2.75) is 50.3 Å². The Bertz CT molecular complexity index is 471. The molecule has 4 nitrogen and oxygen atoms in total. The quantitative estimate of drug-likeness (QED) is 0.685. The van der Waals surface area contributed by atoms with Crippen LogP contribution < -0.4 is 4.72 Å². The smallest absolute Gasteiger partial charge is 0.240 e. The number of nitrogens with one attached hydrogen (secondary N) is 1. The van der Waals surface area contributed by atoms with Crippen LogP contribution in [0.1, 0.15) is 45.4 Å². The van der Waals surface area contributed by atoms with Crippen molar-refractivity contribution in [2.24, 2.45) is 0 Å². The van der Waals surface area contributed by atoms with Gasteiger partial charge < -0.3 is 5.11 Å². The van der Waals surface area contributed by atoms with E-state index < -0.39 is 10.0 Å². The zero-order valence-electron chi connectivity index (χ0n) is 11.4. The first-order valence-corrected chi connectivity index (χ1v) is 8.33. The lowest BCUT2D eigenvalue weighted by molar-refractivity contribution is 0.473. The maximum absolute atomic E-state index is 11.9. The molecule has 108 valence electrons. The molecule has 0 heterocycles. The van der Waals surface area contributed by atoms with Crippen LogP contribution in [0.15, 0.2) is 29.2 Å². The van der Waals surface area contributed by atoms with Crippen molar-refractivity contribution in [3.63, 3.8) is 0 Å². The van der Waals surface area contributed by atoms with Crippen LogP contribution in [-0.2, 0) is 10.0 Å². The summed E-state index contributed by atoms with van der Waals surface area (Å²) in [6, 6.07) is 5.70. The average molecular weight is 285 g/mol. The molecule has 0 saturated heterocycles. The Labute approximate surface area is 115 Å². The normalized spacial score (nSPS) is 11.6. The second kappa shape index (κ2) is 8.17. The molecule has 0 unspecified atom stereocenters. The van der Waals surface area contributed by atoms with Gasteiger partial charge in [-0.3, -0.25) is 0 Å². The second-order valence-electron chi connectivity index (χ2n) is 4.66. The predicted molar refractivity (Wildman–Crippen MR) is 76.7 cm³/mol. The molecule has 0 atom stereocenters. The minimum absolute atomic E-state index is 0.0394. The number of unbranched alkanes of at least 4 members (excludes halogenated alkanes) is 5. The van der Waals surface area contributed by atoms with Gasteiger partial charge in [0.2, 0.25) is 10.0 Å². The molecule has 0 amide bonds. The summed E-state index contributed by atoms with van der Waals surface area (Å²) in [5.41, 5.74) is 0. The highest BCUT2D eigenvalue weighted by molar-refractivity contribution is 7.89. The van der Waals surface area contributed by atoms with Gasteiger partial charge in [0, 0.05) is 6.54 Å². The van der Waals surface area contributed by atoms with Crippen molar-refractivity contribution in [1.29, 1.82) is 0 Å². The number of phenolic OH excluding ortho intramolecular Hbond substituents is 1. The predicted octanol–water partition coefficient (Wildman–Crippen LogP) is 3.03. The minimum atomic E-state index is -3.49. The topological polar surface area (TPSA) is 66.4 Å². The molecule has 1 rings (SSSR count). The highest BCUT2D eigenvalue weighted by Crippen LogP contribution is 2.15. The molecule has 1 aromatic carbocycles. The summed E-state index contributed by atoms with van der Waals surface area (Å²) in [7, 11) is -3.49. The Morgan fingerprint density at radius 2 is 1.79 bits per heavy atom. The molecule has 0 spiro atoms. The van der Waals surface area contributed by atoms with Crippen LogP contribution in [0.2, 0.25) is 0 Å². The van der Waals surface area contributed by atoms with Crippen LogP contribution in [-0.4, -0.2) is 20.1 Å². The first-order chi connectivity index (χ1) is 9.06. The van der Waals surface area contributed by atoms with Gasteiger partial charge in [-0.15, -0.1) is 0 Å². The molecular formula is C14H23NO3S. The van der Waals surface area contributed by atoms with Crippen LogP contribution in [0.3, 0.4) is 0 Å². The van der Waals surface area contributed by atoms with E-state index in [1.807, 2.05) is 0 Å². The Hall–Kier alpha value is -1.07. The number of hydrogen-bond donors (Lipinski definition) is 2. The van der Waals surface area contributed by atoms with E-state index in [9.17, 15) is 13.5 Å².